The van der Waals surface area contributed by atoms with Crippen LogP contribution < -0.4 is 9.47 Å². The summed E-state index contributed by atoms with van der Waals surface area (Å²) in [6, 6.07) is 9.65. The van der Waals surface area contributed by atoms with Crippen LogP contribution in [0.25, 0.3) is 22.2 Å². The molecule has 4 nitrogen and oxygen atoms in total. The number of fused-ring (bicyclic) bond motifs is 2. The Hall–Kier alpha value is -2.49. The van der Waals surface area contributed by atoms with Gasteiger partial charge < -0.3 is 13.9 Å². The van der Waals surface area contributed by atoms with Gasteiger partial charge in [-0.3, -0.25) is 4.98 Å². The van der Waals surface area contributed by atoms with Crippen LogP contribution in [0.5, 0.6) is 11.5 Å². The molecule has 19 heavy (non-hydrogen) atoms. The maximum Gasteiger partial charge on any atom is 0.162 e. The largest absolute Gasteiger partial charge is 0.486 e. The van der Waals surface area contributed by atoms with Crippen molar-refractivity contribution in [1.29, 1.82) is 0 Å². The predicted molar refractivity (Wildman–Crippen MR) is 70.4 cm³/mol. The lowest BCUT2D eigenvalue weighted by Crippen LogP contribution is -2.15. The number of furan rings is 1. The van der Waals surface area contributed by atoms with Gasteiger partial charge in [0, 0.05) is 17.1 Å². The van der Waals surface area contributed by atoms with Crippen molar-refractivity contribution in [1.82, 2.24) is 4.98 Å². The molecule has 1 aliphatic heterocycles. The molecule has 3 heterocycles. The zero-order valence-corrected chi connectivity index (χ0v) is 10.1. The summed E-state index contributed by atoms with van der Waals surface area (Å²) in [4.78, 5) is 4.44. The summed E-state index contributed by atoms with van der Waals surface area (Å²) >= 11 is 0. The van der Waals surface area contributed by atoms with Gasteiger partial charge >= 0.3 is 0 Å². The van der Waals surface area contributed by atoms with E-state index in [9.17, 15) is 0 Å². The molecule has 1 aromatic carbocycles. The maximum atomic E-state index is 5.60. The van der Waals surface area contributed by atoms with Gasteiger partial charge in [0.1, 0.15) is 18.8 Å². The molecule has 0 aliphatic carbocycles. The van der Waals surface area contributed by atoms with Gasteiger partial charge in [-0.15, -0.1) is 0 Å². The lowest BCUT2D eigenvalue weighted by Gasteiger charge is -2.18. The van der Waals surface area contributed by atoms with Gasteiger partial charge in [0.15, 0.2) is 11.5 Å². The lowest BCUT2D eigenvalue weighted by molar-refractivity contribution is 0.171. The normalized spacial score (nSPS) is 13.7. The Morgan fingerprint density at radius 3 is 2.79 bits per heavy atom. The van der Waals surface area contributed by atoms with Crippen molar-refractivity contribution < 1.29 is 13.9 Å². The van der Waals surface area contributed by atoms with Crippen LogP contribution in [0.1, 0.15) is 0 Å². The number of nitrogens with zero attached hydrogens (tertiary/aromatic N) is 1. The molecule has 0 spiro atoms. The SMILES string of the molecule is c1cc2occc2c(-c2ccc3c(c2)OCCO3)n1. The van der Waals surface area contributed by atoms with Crippen molar-refractivity contribution in [2.24, 2.45) is 0 Å². The maximum absolute atomic E-state index is 5.60. The first-order chi connectivity index (χ1) is 9.42. The Morgan fingerprint density at radius 1 is 0.947 bits per heavy atom. The molecular formula is C15H11NO3. The zero-order valence-electron chi connectivity index (χ0n) is 10.1. The quantitative estimate of drug-likeness (QED) is 0.667. The van der Waals surface area contributed by atoms with Crippen LogP contribution in [-0.2, 0) is 0 Å². The van der Waals surface area contributed by atoms with Gasteiger partial charge in [0.25, 0.3) is 0 Å². The highest BCUT2D eigenvalue weighted by Gasteiger charge is 2.14. The van der Waals surface area contributed by atoms with Crippen LogP contribution in [0.3, 0.4) is 0 Å². The fraction of sp³-hybridized carbons (Fsp3) is 0.133. The fourth-order valence-corrected chi connectivity index (χ4v) is 2.32. The number of ether oxygens (including phenoxy) is 2. The van der Waals surface area contributed by atoms with E-state index in [4.69, 9.17) is 13.9 Å². The smallest absolute Gasteiger partial charge is 0.162 e. The molecule has 0 unspecified atom stereocenters. The first-order valence-corrected chi connectivity index (χ1v) is 6.14. The van der Waals surface area contributed by atoms with Crippen LogP contribution in [0.15, 0.2) is 47.2 Å². The summed E-state index contributed by atoms with van der Waals surface area (Å²) in [5, 5.41) is 0.999. The van der Waals surface area contributed by atoms with E-state index in [-0.39, 0.29) is 0 Å². The van der Waals surface area contributed by atoms with Crippen molar-refractivity contribution in [3.05, 3.63) is 42.8 Å². The minimum atomic E-state index is 0.583. The monoisotopic (exact) mass is 253 g/mol. The molecule has 0 amide bonds. The highest BCUT2D eigenvalue weighted by Crippen LogP contribution is 2.36. The number of aromatic nitrogens is 1. The zero-order chi connectivity index (χ0) is 12.7. The first kappa shape index (κ1) is 10.4. The summed E-state index contributed by atoms with van der Waals surface area (Å²) in [5.74, 6) is 1.56. The van der Waals surface area contributed by atoms with Gasteiger partial charge in [-0.25, -0.2) is 0 Å². The summed E-state index contributed by atoms with van der Waals surface area (Å²) in [6.07, 6.45) is 3.42. The van der Waals surface area contributed by atoms with Crippen molar-refractivity contribution in [2.45, 2.75) is 0 Å². The number of hydrogen-bond donors (Lipinski definition) is 0. The van der Waals surface area contributed by atoms with E-state index in [0.29, 0.717) is 13.2 Å². The highest BCUT2D eigenvalue weighted by atomic mass is 16.6. The Morgan fingerprint density at radius 2 is 1.84 bits per heavy atom. The number of rotatable bonds is 1. The topological polar surface area (TPSA) is 44.5 Å². The molecule has 0 saturated heterocycles. The van der Waals surface area contributed by atoms with Crippen LogP contribution in [0.4, 0.5) is 0 Å². The van der Waals surface area contributed by atoms with Crippen molar-refractivity contribution in [3.63, 3.8) is 0 Å². The van der Waals surface area contributed by atoms with Crippen LogP contribution in [0, 0.1) is 0 Å². The van der Waals surface area contributed by atoms with E-state index >= 15 is 0 Å². The number of pyridine rings is 1. The molecule has 4 heteroatoms. The molecule has 0 atom stereocenters. The minimum absolute atomic E-state index is 0.583. The van der Waals surface area contributed by atoms with Gasteiger partial charge in [-0.2, -0.15) is 0 Å². The molecule has 0 radical (unpaired) electrons. The molecule has 3 aromatic rings. The molecule has 0 saturated carbocycles. The Balaban J connectivity index is 1.90. The van der Waals surface area contributed by atoms with Gasteiger partial charge in [-0.05, 0) is 30.3 Å². The second-order valence-corrected chi connectivity index (χ2v) is 4.35. The Bertz CT molecular complexity index is 748. The van der Waals surface area contributed by atoms with Crippen molar-refractivity contribution >= 4 is 11.0 Å². The number of benzene rings is 1. The van der Waals surface area contributed by atoms with Gasteiger partial charge in [0.2, 0.25) is 0 Å². The molecule has 2 aromatic heterocycles. The minimum Gasteiger partial charge on any atom is -0.486 e. The predicted octanol–water partition coefficient (Wildman–Crippen LogP) is 3.27. The van der Waals surface area contributed by atoms with Gasteiger partial charge in [-0.1, -0.05) is 0 Å². The fourth-order valence-electron chi connectivity index (χ4n) is 2.32. The molecule has 0 fully saturated rings. The van der Waals surface area contributed by atoms with E-state index in [0.717, 1.165) is 33.7 Å². The van der Waals surface area contributed by atoms with Crippen molar-refractivity contribution in [3.8, 4) is 22.8 Å². The summed E-state index contributed by atoms with van der Waals surface area (Å²) in [7, 11) is 0. The Kier molecular flexibility index (Phi) is 2.21. The van der Waals surface area contributed by atoms with Gasteiger partial charge in [0.05, 0.1) is 12.0 Å². The average molecular weight is 253 g/mol. The Labute approximate surface area is 109 Å². The summed E-state index contributed by atoms with van der Waals surface area (Å²) in [5.41, 5.74) is 2.72. The van der Waals surface area contributed by atoms with Crippen LogP contribution in [-0.4, -0.2) is 18.2 Å². The summed E-state index contributed by atoms with van der Waals surface area (Å²) < 4.78 is 16.5. The van der Waals surface area contributed by atoms with Crippen LogP contribution in [0.2, 0.25) is 0 Å². The molecule has 1 aliphatic rings. The lowest BCUT2D eigenvalue weighted by atomic mass is 10.1. The van der Waals surface area contributed by atoms with Crippen molar-refractivity contribution in [2.75, 3.05) is 13.2 Å². The average Bonchev–Trinajstić information content (AvgIpc) is 2.95. The van der Waals surface area contributed by atoms with E-state index < -0.39 is 0 Å². The highest BCUT2D eigenvalue weighted by molar-refractivity contribution is 5.91. The molecule has 0 bridgehead atoms. The van der Waals surface area contributed by atoms with E-state index in [1.807, 2.05) is 30.3 Å². The second kappa shape index (κ2) is 4.02. The molecule has 0 N–H and O–H groups in total. The second-order valence-electron chi connectivity index (χ2n) is 4.35. The third kappa shape index (κ3) is 1.64. The molecule has 94 valence electrons. The first-order valence-electron chi connectivity index (χ1n) is 6.14. The van der Waals surface area contributed by atoms with E-state index in [2.05, 4.69) is 4.98 Å². The standard InChI is InChI=1S/C15H11NO3/c1-2-13-14(19-8-7-18-13)9-10(1)15-11-4-6-17-12(11)3-5-16-15/h1-6,9H,7-8H2. The number of hydrogen-bond acceptors (Lipinski definition) is 4. The molecule has 4 rings (SSSR count). The third-order valence-corrected chi connectivity index (χ3v) is 3.20. The van der Waals surface area contributed by atoms with E-state index in [1.54, 1.807) is 12.5 Å². The summed E-state index contributed by atoms with van der Waals surface area (Å²) in [6.45, 7) is 1.18. The van der Waals surface area contributed by atoms with E-state index in [1.165, 1.54) is 0 Å². The molecular weight excluding hydrogens is 242 g/mol. The van der Waals surface area contributed by atoms with Crippen LogP contribution >= 0.6 is 0 Å². The third-order valence-electron chi connectivity index (χ3n) is 3.20.